The van der Waals surface area contributed by atoms with Crippen LogP contribution in [0.25, 0.3) is 0 Å². The number of alkyl halides is 3. The number of aromatic nitrogens is 1. The summed E-state index contributed by atoms with van der Waals surface area (Å²) in [5, 5.41) is 19.7. The smallest absolute Gasteiger partial charge is 0.490 e. The van der Waals surface area contributed by atoms with Gasteiger partial charge in [-0.1, -0.05) is 18.9 Å². The van der Waals surface area contributed by atoms with Gasteiger partial charge in [0.25, 0.3) is 5.91 Å². The number of phenols is 1. The number of ether oxygens (including phenoxy) is 1. The summed E-state index contributed by atoms with van der Waals surface area (Å²) in [4.78, 5) is 28.8. The lowest BCUT2D eigenvalue weighted by atomic mass is 9.78. The van der Waals surface area contributed by atoms with Crippen molar-refractivity contribution in [2.24, 2.45) is 0 Å². The first-order chi connectivity index (χ1) is 16.9. The maximum absolute atomic E-state index is 13.7. The maximum Gasteiger partial charge on any atom is 0.490 e. The largest absolute Gasteiger partial charge is 0.505 e. The van der Waals surface area contributed by atoms with Crippen molar-refractivity contribution in [3.8, 4) is 5.75 Å². The number of amides is 1. The van der Waals surface area contributed by atoms with E-state index in [1.54, 1.807) is 11.6 Å². The minimum absolute atomic E-state index is 0.0652. The molecule has 1 saturated carbocycles. The number of thiazole rings is 1. The van der Waals surface area contributed by atoms with Crippen LogP contribution in [0.3, 0.4) is 0 Å². The van der Waals surface area contributed by atoms with Crippen LogP contribution in [0, 0.1) is 12.7 Å². The highest BCUT2D eigenvalue weighted by atomic mass is 32.1. The van der Waals surface area contributed by atoms with Gasteiger partial charge in [-0.3, -0.25) is 9.69 Å². The first-order valence-corrected chi connectivity index (χ1v) is 12.1. The van der Waals surface area contributed by atoms with Crippen molar-refractivity contribution in [1.82, 2.24) is 15.2 Å². The molecule has 2 fully saturated rings. The van der Waals surface area contributed by atoms with E-state index in [9.17, 15) is 27.5 Å². The molecule has 2 aromatic rings. The number of aliphatic carboxylic acids is 1. The summed E-state index contributed by atoms with van der Waals surface area (Å²) < 4.78 is 51.7. The van der Waals surface area contributed by atoms with E-state index in [4.69, 9.17) is 14.6 Å². The van der Waals surface area contributed by atoms with Gasteiger partial charge >= 0.3 is 12.1 Å². The molecule has 3 N–H and O–H groups in total. The van der Waals surface area contributed by atoms with E-state index < -0.39 is 23.6 Å². The van der Waals surface area contributed by atoms with Crippen LogP contribution in [-0.4, -0.2) is 69.5 Å². The number of hydrogen-bond donors (Lipinski definition) is 3. The van der Waals surface area contributed by atoms with Crippen molar-refractivity contribution in [3.63, 3.8) is 0 Å². The second kappa shape index (κ2) is 11.5. The Morgan fingerprint density at radius 3 is 2.67 bits per heavy atom. The average molecular weight is 534 g/mol. The number of phenolic OH excluding ortho intramolecular Hbond substituents is 1. The SMILES string of the molecule is Cc1ncsc1C(=O)NC1CCCCC12CN(Cc1ccc(O)c(F)c1)CCO2.O=C(O)C(F)(F)F. The number of aromatic hydroxyl groups is 1. The fourth-order valence-corrected chi connectivity index (χ4v) is 5.15. The molecule has 4 rings (SSSR count). The van der Waals surface area contributed by atoms with Gasteiger partial charge in [-0.2, -0.15) is 13.2 Å². The van der Waals surface area contributed by atoms with Crippen LogP contribution < -0.4 is 5.32 Å². The maximum atomic E-state index is 13.7. The Balaban J connectivity index is 0.000000454. The molecule has 2 heterocycles. The number of carboxylic acids is 1. The number of carbonyl (C=O) groups is 2. The highest BCUT2D eigenvalue weighted by Gasteiger charge is 2.46. The molecule has 1 aromatic heterocycles. The van der Waals surface area contributed by atoms with E-state index in [2.05, 4.69) is 15.2 Å². The van der Waals surface area contributed by atoms with Crippen LogP contribution >= 0.6 is 11.3 Å². The predicted molar refractivity (Wildman–Crippen MR) is 122 cm³/mol. The third-order valence-corrected chi connectivity index (χ3v) is 7.11. The molecule has 13 heteroatoms. The lowest BCUT2D eigenvalue weighted by Crippen LogP contribution is -2.63. The van der Waals surface area contributed by atoms with E-state index in [1.165, 1.54) is 23.5 Å². The van der Waals surface area contributed by atoms with Crippen LogP contribution in [-0.2, 0) is 16.1 Å². The van der Waals surface area contributed by atoms with E-state index >= 15 is 0 Å². The molecule has 36 heavy (non-hydrogen) atoms. The normalized spacial score (nSPS) is 22.5. The van der Waals surface area contributed by atoms with Crippen molar-refractivity contribution in [1.29, 1.82) is 0 Å². The monoisotopic (exact) mass is 533 g/mol. The fourth-order valence-electron chi connectivity index (χ4n) is 4.44. The summed E-state index contributed by atoms with van der Waals surface area (Å²) >= 11 is 1.36. The highest BCUT2D eigenvalue weighted by molar-refractivity contribution is 7.11. The number of nitrogens with one attached hydrogen (secondary N) is 1. The average Bonchev–Trinajstić information content (AvgIpc) is 3.24. The second-order valence-electron chi connectivity index (χ2n) is 8.75. The van der Waals surface area contributed by atoms with Gasteiger partial charge in [0.15, 0.2) is 11.6 Å². The summed E-state index contributed by atoms with van der Waals surface area (Å²) in [6, 6.07) is 4.45. The van der Waals surface area contributed by atoms with Gasteiger partial charge in [-0.05, 0) is 37.5 Å². The van der Waals surface area contributed by atoms with Crippen LogP contribution in [0.15, 0.2) is 23.7 Å². The molecule has 0 bridgehead atoms. The van der Waals surface area contributed by atoms with Crippen molar-refractivity contribution >= 4 is 23.2 Å². The molecule has 1 aliphatic heterocycles. The van der Waals surface area contributed by atoms with E-state index in [0.29, 0.717) is 24.6 Å². The minimum atomic E-state index is -5.08. The number of rotatable bonds is 4. The van der Waals surface area contributed by atoms with Gasteiger partial charge in [-0.15, -0.1) is 11.3 Å². The molecule has 1 aromatic carbocycles. The van der Waals surface area contributed by atoms with E-state index in [0.717, 1.165) is 43.5 Å². The Labute approximate surface area is 208 Å². The Morgan fingerprint density at radius 1 is 1.33 bits per heavy atom. The molecule has 2 aliphatic rings. The number of hydrogen-bond acceptors (Lipinski definition) is 7. The number of carbonyl (C=O) groups excluding carboxylic acids is 1. The molecule has 0 radical (unpaired) electrons. The van der Waals surface area contributed by atoms with Crippen molar-refractivity contribution in [2.45, 2.75) is 57.0 Å². The zero-order chi connectivity index (χ0) is 26.5. The molecule has 1 spiro atoms. The lowest BCUT2D eigenvalue weighted by Gasteiger charge is -2.49. The molecule has 198 valence electrons. The van der Waals surface area contributed by atoms with Crippen LogP contribution in [0.5, 0.6) is 5.75 Å². The predicted octanol–water partition coefficient (Wildman–Crippen LogP) is 3.87. The Kier molecular flexibility index (Phi) is 8.90. The molecule has 1 amide bonds. The summed E-state index contributed by atoms with van der Waals surface area (Å²) in [5.41, 5.74) is 2.82. The van der Waals surface area contributed by atoms with E-state index in [-0.39, 0.29) is 17.7 Å². The van der Waals surface area contributed by atoms with Crippen molar-refractivity contribution < 1.29 is 42.1 Å². The van der Waals surface area contributed by atoms with Gasteiger partial charge in [0.05, 0.1) is 23.9 Å². The van der Waals surface area contributed by atoms with Crippen molar-refractivity contribution in [3.05, 3.63) is 45.7 Å². The minimum Gasteiger partial charge on any atom is -0.505 e. The first kappa shape index (κ1) is 27.8. The molecule has 1 saturated heterocycles. The zero-order valence-electron chi connectivity index (χ0n) is 19.5. The molecule has 1 aliphatic carbocycles. The summed E-state index contributed by atoms with van der Waals surface area (Å²) in [5.74, 6) is -3.78. The van der Waals surface area contributed by atoms with Gasteiger partial charge in [-0.25, -0.2) is 14.2 Å². The standard InChI is InChI=1S/C21H26FN3O3S.C2HF3O2/c1-14-19(29-13-23-14)20(27)24-18-4-2-3-7-21(18)12-25(8-9-28-21)11-15-5-6-17(26)16(22)10-15;3-2(4,5)1(6)7/h5-6,10,13,18,26H,2-4,7-9,11-12H2,1H3,(H,24,27);(H,6,7). The quantitative estimate of drug-likeness (QED) is 0.512. The number of carboxylic acid groups (broad SMARTS) is 1. The van der Waals surface area contributed by atoms with Gasteiger partial charge in [0.2, 0.25) is 0 Å². The summed E-state index contributed by atoms with van der Waals surface area (Å²) in [6.45, 7) is 4.43. The van der Waals surface area contributed by atoms with Gasteiger partial charge < -0.3 is 20.3 Å². The van der Waals surface area contributed by atoms with Gasteiger partial charge in [0.1, 0.15) is 10.5 Å². The number of aryl methyl sites for hydroxylation is 1. The number of halogens is 4. The summed E-state index contributed by atoms with van der Waals surface area (Å²) in [6.07, 6.45) is -1.19. The van der Waals surface area contributed by atoms with Crippen LogP contribution in [0.4, 0.5) is 17.6 Å². The molecule has 8 nitrogen and oxygen atoms in total. The third-order valence-electron chi connectivity index (χ3n) is 6.18. The third kappa shape index (κ3) is 6.92. The highest BCUT2D eigenvalue weighted by Crippen LogP contribution is 2.36. The number of benzene rings is 1. The number of nitrogens with zero attached hydrogens (tertiary/aromatic N) is 2. The first-order valence-electron chi connectivity index (χ1n) is 11.3. The topological polar surface area (TPSA) is 112 Å². The zero-order valence-corrected chi connectivity index (χ0v) is 20.3. The lowest BCUT2D eigenvalue weighted by molar-refractivity contribution is -0.192. The molecule has 2 unspecified atom stereocenters. The Hall–Kier alpha value is -2.77. The Bertz CT molecular complexity index is 1080. The van der Waals surface area contributed by atoms with Crippen LogP contribution in [0.1, 0.15) is 46.6 Å². The Morgan fingerprint density at radius 2 is 2.06 bits per heavy atom. The molecular weight excluding hydrogens is 506 g/mol. The molecular formula is C23H27F4N3O5S. The van der Waals surface area contributed by atoms with Crippen LogP contribution in [0.2, 0.25) is 0 Å². The van der Waals surface area contributed by atoms with E-state index in [1.807, 2.05) is 6.92 Å². The molecule has 2 atom stereocenters. The number of morpholine rings is 1. The van der Waals surface area contributed by atoms with Crippen molar-refractivity contribution in [2.75, 3.05) is 19.7 Å². The second-order valence-corrected chi connectivity index (χ2v) is 9.61. The van der Waals surface area contributed by atoms with Gasteiger partial charge in [0, 0.05) is 19.6 Å². The fraction of sp³-hybridized carbons (Fsp3) is 0.522. The summed E-state index contributed by atoms with van der Waals surface area (Å²) in [7, 11) is 0.